The van der Waals surface area contributed by atoms with Crippen molar-refractivity contribution in [2.24, 2.45) is 0 Å². The van der Waals surface area contributed by atoms with Crippen LogP contribution in [0.4, 0.5) is 0 Å². The number of nitriles is 1. The van der Waals surface area contributed by atoms with Gasteiger partial charge in [-0.25, -0.2) is 9.78 Å². The molecule has 3 aromatic heterocycles. The van der Waals surface area contributed by atoms with Crippen LogP contribution in [-0.2, 0) is 0 Å². The Labute approximate surface area is 205 Å². The lowest BCUT2D eigenvalue weighted by Gasteiger charge is -2.35. The van der Waals surface area contributed by atoms with E-state index in [1.54, 1.807) is 16.7 Å². The van der Waals surface area contributed by atoms with Gasteiger partial charge in [0.1, 0.15) is 11.5 Å². The molecule has 8 nitrogen and oxygen atoms in total. The Morgan fingerprint density at radius 2 is 1.91 bits per heavy atom. The number of H-pyrrole nitrogens is 1. The smallest absolute Gasteiger partial charge is 0.305 e. The quantitative estimate of drug-likeness (QED) is 0.392. The van der Waals surface area contributed by atoms with Crippen molar-refractivity contribution in [1.29, 1.82) is 5.26 Å². The van der Waals surface area contributed by atoms with Crippen LogP contribution in [0.5, 0.6) is 0 Å². The summed E-state index contributed by atoms with van der Waals surface area (Å²) in [4.78, 5) is 20.3. The first-order valence-corrected chi connectivity index (χ1v) is 11.7. The maximum Gasteiger partial charge on any atom is 0.326 e. The van der Waals surface area contributed by atoms with Gasteiger partial charge < -0.3 is 4.98 Å². The first-order chi connectivity index (χ1) is 17.0. The first-order valence-electron chi connectivity index (χ1n) is 11.3. The molecule has 1 aliphatic rings. The van der Waals surface area contributed by atoms with Gasteiger partial charge in [0.25, 0.3) is 0 Å². The number of hydrogen-bond donors (Lipinski definition) is 1. The zero-order chi connectivity index (χ0) is 24.1. The lowest BCUT2D eigenvalue weighted by molar-refractivity contribution is 0.254. The second kappa shape index (κ2) is 8.22. The largest absolute Gasteiger partial charge is 0.326 e. The molecule has 3 heterocycles. The summed E-state index contributed by atoms with van der Waals surface area (Å²) in [7, 11) is 0. The average molecular weight is 482 g/mol. The minimum atomic E-state index is -0.171. The molecule has 0 radical (unpaired) electrons. The van der Waals surface area contributed by atoms with Gasteiger partial charge in [0.05, 0.1) is 33.4 Å². The van der Waals surface area contributed by atoms with Crippen molar-refractivity contribution in [3.63, 3.8) is 0 Å². The number of fused-ring (bicyclic) bond motifs is 1. The van der Waals surface area contributed by atoms with Gasteiger partial charge in [-0.1, -0.05) is 29.8 Å². The van der Waals surface area contributed by atoms with Crippen LogP contribution in [0.1, 0.15) is 41.9 Å². The number of hydrogen-bond acceptors (Lipinski definition) is 5. The Kier molecular flexibility index (Phi) is 5.01. The van der Waals surface area contributed by atoms with Crippen LogP contribution in [0.2, 0.25) is 5.02 Å². The van der Waals surface area contributed by atoms with Crippen LogP contribution in [0, 0.1) is 18.3 Å². The number of imidazole rings is 1. The number of benzene rings is 2. The van der Waals surface area contributed by atoms with E-state index in [-0.39, 0.29) is 17.6 Å². The molecule has 0 spiro atoms. The molecule has 2 aromatic carbocycles. The first kappa shape index (κ1) is 21.3. The number of aromatic amines is 1. The SMILES string of the molecule is Cc1cccc(-c2nnc([C@H]3C[C@H](n4c(=O)[nH]c5cc(C#N)ccc54)C3)n2-c2ccccc2Cl)n1. The monoisotopic (exact) mass is 481 g/mol. The van der Waals surface area contributed by atoms with E-state index >= 15 is 0 Å². The third-order valence-corrected chi connectivity index (χ3v) is 6.91. The molecule has 6 rings (SSSR count). The van der Waals surface area contributed by atoms with Gasteiger partial charge in [0, 0.05) is 17.7 Å². The molecule has 1 saturated carbocycles. The van der Waals surface area contributed by atoms with E-state index in [4.69, 9.17) is 16.9 Å². The highest BCUT2D eigenvalue weighted by molar-refractivity contribution is 6.32. The maximum atomic E-state index is 12.7. The minimum Gasteiger partial charge on any atom is -0.305 e. The molecule has 0 bridgehead atoms. The summed E-state index contributed by atoms with van der Waals surface area (Å²) in [6, 6.07) is 20.8. The van der Waals surface area contributed by atoms with Crippen molar-refractivity contribution in [2.75, 3.05) is 0 Å². The second-order valence-electron chi connectivity index (χ2n) is 8.80. The summed E-state index contributed by atoms with van der Waals surface area (Å²) in [5.74, 6) is 1.53. The Morgan fingerprint density at radius 1 is 1.09 bits per heavy atom. The number of nitrogens with one attached hydrogen (secondary N) is 1. The third-order valence-electron chi connectivity index (χ3n) is 6.59. The molecular formula is C26H20ClN7O. The number of pyridine rings is 1. The fourth-order valence-corrected chi connectivity index (χ4v) is 5.06. The van der Waals surface area contributed by atoms with Gasteiger partial charge in [-0.05, 0) is 62.2 Å². The molecular weight excluding hydrogens is 462 g/mol. The van der Waals surface area contributed by atoms with Crippen LogP contribution in [0.15, 0.2) is 65.5 Å². The number of rotatable bonds is 4. The summed E-state index contributed by atoms with van der Waals surface area (Å²) < 4.78 is 3.77. The van der Waals surface area contributed by atoms with Crippen LogP contribution in [0.3, 0.4) is 0 Å². The van der Waals surface area contributed by atoms with Gasteiger partial charge in [0.15, 0.2) is 5.82 Å². The van der Waals surface area contributed by atoms with Crippen LogP contribution < -0.4 is 5.69 Å². The Bertz CT molecular complexity index is 1680. The van der Waals surface area contributed by atoms with Crippen molar-refractivity contribution in [2.45, 2.75) is 31.7 Å². The van der Waals surface area contributed by atoms with E-state index in [9.17, 15) is 4.79 Å². The number of aromatic nitrogens is 6. The summed E-state index contributed by atoms with van der Waals surface area (Å²) >= 11 is 6.60. The molecule has 0 saturated heterocycles. The molecule has 0 unspecified atom stereocenters. The highest BCUT2D eigenvalue weighted by Gasteiger charge is 2.38. The molecule has 1 N–H and O–H groups in total. The molecule has 0 atom stereocenters. The third kappa shape index (κ3) is 3.52. The molecule has 1 fully saturated rings. The van der Waals surface area contributed by atoms with Crippen LogP contribution in [-0.4, -0.2) is 29.3 Å². The van der Waals surface area contributed by atoms with Gasteiger partial charge >= 0.3 is 5.69 Å². The molecule has 9 heteroatoms. The van der Waals surface area contributed by atoms with E-state index in [1.807, 2.05) is 60.0 Å². The maximum absolute atomic E-state index is 12.7. The Morgan fingerprint density at radius 3 is 2.69 bits per heavy atom. The molecule has 35 heavy (non-hydrogen) atoms. The van der Waals surface area contributed by atoms with E-state index in [0.29, 0.717) is 21.9 Å². The highest BCUT2D eigenvalue weighted by Crippen LogP contribution is 2.46. The van der Waals surface area contributed by atoms with Crippen LogP contribution >= 0.6 is 11.6 Å². The summed E-state index contributed by atoms with van der Waals surface area (Å²) in [5, 5.41) is 18.8. The summed E-state index contributed by atoms with van der Waals surface area (Å²) in [6.07, 6.45) is 1.47. The minimum absolute atomic E-state index is 0.0196. The van der Waals surface area contributed by atoms with Crippen molar-refractivity contribution in [3.05, 3.63) is 93.3 Å². The van der Waals surface area contributed by atoms with Crippen LogP contribution in [0.25, 0.3) is 28.2 Å². The standard InChI is InChI=1S/C26H20ClN7O/c1-15-5-4-7-20(29-15)25-32-31-24(34(25)22-8-3-2-6-19(22)27)17-12-18(13-17)33-23-10-9-16(14-28)11-21(23)30-26(33)35/h2-11,17-18H,12-13H2,1H3,(H,30,35)/t17-,18-. The Balaban J connectivity index is 1.39. The number of nitrogens with zero attached hydrogens (tertiary/aromatic N) is 6. The van der Waals surface area contributed by atoms with E-state index in [2.05, 4.69) is 26.2 Å². The summed E-state index contributed by atoms with van der Waals surface area (Å²) in [6.45, 7) is 1.94. The zero-order valence-corrected chi connectivity index (χ0v) is 19.6. The molecule has 5 aromatic rings. The van der Waals surface area contributed by atoms with Gasteiger partial charge in [-0.3, -0.25) is 9.13 Å². The van der Waals surface area contributed by atoms with Crippen molar-refractivity contribution >= 4 is 22.6 Å². The van der Waals surface area contributed by atoms with Gasteiger partial charge in [-0.2, -0.15) is 5.26 Å². The molecule has 0 aliphatic heterocycles. The highest BCUT2D eigenvalue weighted by atomic mass is 35.5. The number of halogens is 1. The second-order valence-corrected chi connectivity index (χ2v) is 9.21. The van der Waals surface area contributed by atoms with Crippen molar-refractivity contribution < 1.29 is 0 Å². The lowest BCUT2D eigenvalue weighted by atomic mass is 9.79. The number of para-hydroxylation sites is 1. The predicted octanol–water partition coefficient (Wildman–Crippen LogP) is 4.92. The molecule has 172 valence electrons. The predicted molar refractivity (Wildman–Crippen MR) is 133 cm³/mol. The molecule has 0 amide bonds. The Hall–Kier alpha value is -4.22. The van der Waals surface area contributed by atoms with E-state index in [0.717, 1.165) is 41.3 Å². The topological polar surface area (TPSA) is 105 Å². The fraction of sp³-hybridized carbons (Fsp3) is 0.192. The molecule has 1 aliphatic carbocycles. The van der Waals surface area contributed by atoms with Gasteiger partial charge in [-0.15, -0.1) is 10.2 Å². The van der Waals surface area contributed by atoms with Crippen molar-refractivity contribution in [3.8, 4) is 23.3 Å². The average Bonchev–Trinajstić information content (AvgIpc) is 3.39. The van der Waals surface area contributed by atoms with E-state index in [1.165, 1.54) is 0 Å². The zero-order valence-electron chi connectivity index (χ0n) is 18.8. The normalized spacial score (nSPS) is 17.3. The van der Waals surface area contributed by atoms with Crippen molar-refractivity contribution in [1.82, 2.24) is 29.3 Å². The summed E-state index contributed by atoms with van der Waals surface area (Å²) in [5.41, 5.74) is 4.22. The lowest BCUT2D eigenvalue weighted by Crippen LogP contribution is -2.32. The number of aryl methyl sites for hydroxylation is 1. The van der Waals surface area contributed by atoms with Gasteiger partial charge in [0.2, 0.25) is 0 Å². The fourth-order valence-electron chi connectivity index (χ4n) is 4.84. The van der Waals surface area contributed by atoms with E-state index < -0.39 is 0 Å².